The van der Waals surface area contributed by atoms with Gasteiger partial charge in [0.15, 0.2) is 0 Å². The first-order chi connectivity index (χ1) is 9.63. The maximum Gasteiger partial charge on any atom is 0.120 e. The van der Waals surface area contributed by atoms with Gasteiger partial charge in [0.25, 0.3) is 0 Å². The Morgan fingerprint density at radius 2 is 2.25 bits per heavy atom. The zero-order valence-electron chi connectivity index (χ0n) is 12.2. The molecule has 1 aliphatic rings. The van der Waals surface area contributed by atoms with Crippen molar-refractivity contribution in [1.82, 2.24) is 34.8 Å². The third-order valence-corrected chi connectivity index (χ3v) is 3.91. The van der Waals surface area contributed by atoms with Gasteiger partial charge in [-0.25, -0.2) is 9.67 Å². The number of H-pyrrole nitrogens is 1. The molecule has 0 amide bonds. The van der Waals surface area contributed by atoms with Crippen LogP contribution in [0.15, 0.2) is 18.6 Å². The Morgan fingerprint density at radius 1 is 1.40 bits per heavy atom. The molecule has 3 heterocycles. The lowest BCUT2D eigenvalue weighted by atomic mass is 10.1. The van der Waals surface area contributed by atoms with Crippen LogP contribution in [0, 0.1) is 6.92 Å². The van der Waals surface area contributed by atoms with Gasteiger partial charge in [0.1, 0.15) is 5.82 Å². The lowest BCUT2D eigenvalue weighted by Crippen LogP contribution is -2.36. The van der Waals surface area contributed by atoms with Crippen LogP contribution >= 0.6 is 0 Å². The van der Waals surface area contributed by atoms with Crippen molar-refractivity contribution in [2.75, 3.05) is 27.2 Å². The molecule has 3 rings (SSSR count). The van der Waals surface area contributed by atoms with E-state index in [2.05, 4.69) is 44.2 Å². The number of aromatic amines is 1. The number of likely N-dealkylation sites (tertiary alicyclic amines) is 1. The molecule has 0 unspecified atom stereocenters. The molecule has 0 radical (unpaired) electrons. The van der Waals surface area contributed by atoms with E-state index in [9.17, 15) is 0 Å². The van der Waals surface area contributed by atoms with Crippen molar-refractivity contribution in [3.05, 3.63) is 30.1 Å². The molecule has 1 saturated heterocycles. The Labute approximate surface area is 118 Å². The summed E-state index contributed by atoms with van der Waals surface area (Å²) in [5, 5.41) is 8.10. The summed E-state index contributed by atoms with van der Waals surface area (Å²) in [5.41, 5.74) is 1.11. The molecule has 1 N–H and O–H groups in total. The summed E-state index contributed by atoms with van der Waals surface area (Å²) in [4.78, 5) is 12.4. The van der Waals surface area contributed by atoms with Crippen LogP contribution in [0.2, 0.25) is 0 Å². The van der Waals surface area contributed by atoms with Gasteiger partial charge in [-0.15, -0.1) is 5.10 Å². The molecule has 1 aliphatic heterocycles. The van der Waals surface area contributed by atoms with Crippen LogP contribution in [-0.4, -0.2) is 68.0 Å². The summed E-state index contributed by atoms with van der Waals surface area (Å²) in [6.45, 7) is 4.86. The predicted octanol–water partition coefficient (Wildman–Crippen LogP) is 0.297. The van der Waals surface area contributed by atoms with Crippen molar-refractivity contribution in [2.24, 2.45) is 0 Å². The number of imidazole rings is 1. The Hall–Kier alpha value is -1.73. The summed E-state index contributed by atoms with van der Waals surface area (Å²) in [7, 11) is 4.24. The van der Waals surface area contributed by atoms with Crippen LogP contribution < -0.4 is 0 Å². The molecule has 1 fully saturated rings. The second-order valence-corrected chi connectivity index (χ2v) is 5.69. The van der Waals surface area contributed by atoms with Crippen molar-refractivity contribution in [2.45, 2.75) is 25.6 Å². The first kappa shape index (κ1) is 13.3. The van der Waals surface area contributed by atoms with E-state index in [-0.39, 0.29) is 0 Å². The van der Waals surface area contributed by atoms with Gasteiger partial charge in [-0.05, 0) is 21.0 Å². The monoisotopic (exact) mass is 275 g/mol. The SMILES string of the molecule is Cc1cnc(CN2C[C@@H](N(C)C)[C@@H](n3ccnn3)C2)[nH]1. The first-order valence-electron chi connectivity index (χ1n) is 6.88. The zero-order chi connectivity index (χ0) is 14.1. The normalized spacial score (nSPS) is 23.8. The van der Waals surface area contributed by atoms with Crippen LogP contribution in [0.5, 0.6) is 0 Å². The molecule has 20 heavy (non-hydrogen) atoms. The second kappa shape index (κ2) is 5.34. The Kier molecular flexibility index (Phi) is 3.54. The van der Waals surface area contributed by atoms with E-state index in [0.717, 1.165) is 31.2 Å². The second-order valence-electron chi connectivity index (χ2n) is 5.69. The smallest absolute Gasteiger partial charge is 0.120 e. The van der Waals surface area contributed by atoms with Crippen LogP contribution in [0.25, 0.3) is 0 Å². The van der Waals surface area contributed by atoms with Gasteiger partial charge < -0.3 is 9.88 Å². The Balaban J connectivity index is 1.73. The molecule has 0 saturated carbocycles. The highest BCUT2D eigenvalue weighted by Gasteiger charge is 2.36. The number of hydrogen-bond acceptors (Lipinski definition) is 5. The zero-order valence-corrected chi connectivity index (χ0v) is 12.2. The molecule has 2 atom stereocenters. The summed E-state index contributed by atoms with van der Waals surface area (Å²) in [6.07, 6.45) is 5.57. The fraction of sp³-hybridized carbons (Fsp3) is 0.615. The number of nitrogens with one attached hydrogen (secondary N) is 1. The summed E-state index contributed by atoms with van der Waals surface area (Å²) in [6, 6.07) is 0.774. The molecule has 0 bridgehead atoms. The quantitative estimate of drug-likeness (QED) is 0.869. The van der Waals surface area contributed by atoms with E-state index in [1.165, 1.54) is 0 Å². The van der Waals surface area contributed by atoms with Crippen molar-refractivity contribution < 1.29 is 0 Å². The van der Waals surface area contributed by atoms with E-state index in [1.807, 2.05) is 24.0 Å². The molecule has 0 spiro atoms. The summed E-state index contributed by atoms with van der Waals surface area (Å²) in [5.74, 6) is 1.03. The maximum atomic E-state index is 4.39. The molecule has 2 aromatic heterocycles. The van der Waals surface area contributed by atoms with Gasteiger partial charge in [0.2, 0.25) is 0 Å². The third-order valence-electron chi connectivity index (χ3n) is 3.91. The number of hydrogen-bond donors (Lipinski definition) is 1. The summed E-state index contributed by atoms with van der Waals surface area (Å²) >= 11 is 0. The van der Waals surface area contributed by atoms with Crippen LogP contribution in [0.3, 0.4) is 0 Å². The Morgan fingerprint density at radius 3 is 2.85 bits per heavy atom. The molecule has 108 valence electrons. The van der Waals surface area contributed by atoms with Gasteiger partial charge in [-0.3, -0.25) is 4.90 Å². The highest BCUT2D eigenvalue weighted by molar-refractivity contribution is 5.00. The van der Waals surface area contributed by atoms with E-state index < -0.39 is 0 Å². The highest BCUT2D eigenvalue weighted by Crippen LogP contribution is 2.25. The standard InChI is InChI=1S/C13H21N7/c1-10-6-14-13(16-10)9-19-7-11(18(2)3)12(8-19)20-5-4-15-17-20/h4-6,11-12H,7-9H2,1-3H3,(H,14,16)/t11-,12+/m1/s1. The van der Waals surface area contributed by atoms with Crippen molar-refractivity contribution in [1.29, 1.82) is 0 Å². The predicted molar refractivity (Wildman–Crippen MR) is 75.1 cm³/mol. The number of aryl methyl sites for hydroxylation is 1. The molecule has 0 aliphatic carbocycles. The van der Waals surface area contributed by atoms with Crippen LogP contribution in [0.1, 0.15) is 17.6 Å². The van der Waals surface area contributed by atoms with Gasteiger partial charge in [-0.2, -0.15) is 0 Å². The minimum Gasteiger partial charge on any atom is -0.345 e. The van der Waals surface area contributed by atoms with E-state index in [1.54, 1.807) is 6.20 Å². The minimum atomic E-state index is 0.337. The topological polar surface area (TPSA) is 65.9 Å². The van der Waals surface area contributed by atoms with E-state index in [0.29, 0.717) is 12.1 Å². The van der Waals surface area contributed by atoms with Gasteiger partial charge in [-0.1, -0.05) is 5.21 Å². The average molecular weight is 275 g/mol. The molecule has 2 aromatic rings. The van der Waals surface area contributed by atoms with Gasteiger partial charge >= 0.3 is 0 Å². The van der Waals surface area contributed by atoms with Crippen LogP contribution in [-0.2, 0) is 6.54 Å². The lowest BCUT2D eigenvalue weighted by Gasteiger charge is -2.24. The van der Waals surface area contributed by atoms with Crippen molar-refractivity contribution in [3.63, 3.8) is 0 Å². The number of nitrogens with zero attached hydrogens (tertiary/aromatic N) is 6. The molecular weight excluding hydrogens is 254 g/mol. The van der Waals surface area contributed by atoms with Crippen molar-refractivity contribution in [3.8, 4) is 0 Å². The number of rotatable bonds is 4. The maximum absolute atomic E-state index is 4.39. The first-order valence-corrected chi connectivity index (χ1v) is 6.88. The molecule has 0 aromatic carbocycles. The van der Waals surface area contributed by atoms with E-state index >= 15 is 0 Å². The van der Waals surface area contributed by atoms with Gasteiger partial charge in [0, 0.05) is 37.2 Å². The molecular formula is C13H21N7. The largest absolute Gasteiger partial charge is 0.345 e. The fourth-order valence-electron chi connectivity index (χ4n) is 2.90. The van der Waals surface area contributed by atoms with Crippen molar-refractivity contribution >= 4 is 0 Å². The Bertz CT molecular complexity index is 545. The highest BCUT2D eigenvalue weighted by atomic mass is 15.5. The van der Waals surface area contributed by atoms with E-state index in [4.69, 9.17) is 0 Å². The number of likely N-dealkylation sites (N-methyl/N-ethyl adjacent to an activating group) is 1. The molecule has 7 heteroatoms. The summed E-state index contributed by atoms with van der Waals surface area (Å²) < 4.78 is 1.97. The minimum absolute atomic E-state index is 0.337. The van der Waals surface area contributed by atoms with Gasteiger partial charge in [0.05, 0.1) is 18.8 Å². The third kappa shape index (κ3) is 2.59. The lowest BCUT2D eigenvalue weighted by molar-refractivity contribution is 0.236. The fourth-order valence-corrected chi connectivity index (χ4v) is 2.90. The molecule has 7 nitrogen and oxygen atoms in total. The number of aromatic nitrogens is 5. The van der Waals surface area contributed by atoms with Crippen LogP contribution in [0.4, 0.5) is 0 Å². The average Bonchev–Trinajstić information content (AvgIpc) is 3.09.